The molecule has 5 nitrogen and oxygen atoms in total. The van der Waals surface area contributed by atoms with E-state index in [0.717, 1.165) is 41.0 Å². The molecule has 144 valence electrons. The third-order valence-corrected chi connectivity index (χ3v) is 5.50. The van der Waals surface area contributed by atoms with Crippen molar-refractivity contribution in [3.63, 3.8) is 0 Å². The van der Waals surface area contributed by atoms with Crippen molar-refractivity contribution >= 4 is 40.5 Å². The first-order valence-electron chi connectivity index (χ1n) is 9.22. The lowest BCUT2D eigenvalue weighted by Gasteiger charge is -2.20. The molecule has 1 heterocycles. The molecule has 0 aliphatic carbocycles. The highest BCUT2D eigenvalue weighted by Crippen LogP contribution is 2.32. The molecule has 1 fully saturated rings. The van der Waals surface area contributed by atoms with Gasteiger partial charge in [-0.15, -0.1) is 0 Å². The van der Waals surface area contributed by atoms with E-state index in [1.54, 1.807) is 30.3 Å². The lowest BCUT2D eigenvalue weighted by atomic mass is 10.1. The minimum atomic E-state index is -0.424. The number of imide groups is 1. The van der Waals surface area contributed by atoms with Crippen LogP contribution in [0.3, 0.4) is 0 Å². The van der Waals surface area contributed by atoms with Gasteiger partial charge in [0.25, 0.3) is 11.1 Å². The van der Waals surface area contributed by atoms with Gasteiger partial charge in [-0.1, -0.05) is 42.5 Å². The Morgan fingerprint density at radius 1 is 1.00 bits per heavy atom. The summed E-state index contributed by atoms with van der Waals surface area (Å²) in [6.45, 7) is 5.80. The number of hydrogen-bond donors (Lipinski definition) is 0. The molecule has 2 amide bonds. The molecule has 2 aromatic carbocycles. The number of thioether (sulfide) groups is 1. The SMILES string of the molecule is CCN(CC)c1ccc(/C=C2/SC(=O)N(CC(=O)c3ccccc3)C2=O)cc1. The highest BCUT2D eigenvalue weighted by molar-refractivity contribution is 8.18. The normalized spacial score (nSPS) is 15.4. The Balaban J connectivity index is 1.73. The Morgan fingerprint density at radius 3 is 2.25 bits per heavy atom. The summed E-state index contributed by atoms with van der Waals surface area (Å²) in [4.78, 5) is 40.8. The number of hydrogen-bond acceptors (Lipinski definition) is 5. The topological polar surface area (TPSA) is 57.7 Å². The molecule has 1 saturated heterocycles. The lowest BCUT2D eigenvalue weighted by molar-refractivity contribution is -0.122. The Hall–Kier alpha value is -2.86. The molecule has 3 rings (SSSR count). The zero-order valence-electron chi connectivity index (χ0n) is 15.9. The van der Waals surface area contributed by atoms with Gasteiger partial charge in [0.1, 0.15) is 0 Å². The fourth-order valence-electron chi connectivity index (χ4n) is 3.02. The Morgan fingerprint density at radius 2 is 1.64 bits per heavy atom. The summed E-state index contributed by atoms with van der Waals surface area (Å²) in [7, 11) is 0. The van der Waals surface area contributed by atoms with E-state index in [1.807, 2.05) is 30.3 Å². The van der Waals surface area contributed by atoms with E-state index in [0.29, 0.717) is 10.5 Å². The third kappa shape index (κ3) is 4.34. The summed E-state index contributed by atoms with van der Waals surface area (Å²) < 4.78 is 0. The van der Waals surface area contributed by atoms with Crippen molar-refractivity contribution in [1.82, 2.24) is 4.90 Å². The van der Waals surface area contributed by atoms with E-state index in [2.05, 4.69) is 18.7 Å². The van der Waals surface area contributed by atoms with Crippen LogP contribution in [0.25, 0.3) is 6.08 Å². The number of amides is 2. The van der Waals surface area contributed by atoms with Crippen LogP contribution in [0.15, 0.2) is 59.5 Å². The van der Waals surface area contributed by atoms with Crippen LogP contribution in [-0.2, 0) is 4.79 Å². The monoisotopic (exact) mass is 394 g/mol. The first kappa shape index (κ1) is 19.9. The molecule has 28 heavy (non-hydrogen) atoms. The Bertz CT molecular complexity index is 903. The van der Waals surface area contributed by atoms with Crippen molar-refractivity contribution in [3.05, 3.63) is 70.6 Å². The predicted octanol–water partition coefficient (Wildman–Crippen LogP) is 4.45. The van der Waals surface area contributed by atoms with Crippen molar-refractivity contribution in [3.8, 4) is 0 Å². The highest BCUT2D eigenvalue weighted by Gasteiger charge is 2.36. The van der Waals surface area contributed by atoms with Crippen molar-refractivity contribution in [2.24, 2.45) is 0 Å². The number of carbonyl (C=O) groups excluding carboxylic acids is 3. The van der Waals surface area contributed by atoms with Crippen LogP contribution in [-0.4, -0.2) is 41.5 Å². The smallest absolute Gasteiger partial charge is 0.293 e. The van der Waals surface area contributed by atoms with E-state index in [-0.39, 0.29) is 12.3 Å². The summed E-state index contributed by atoms with van der Waals surface area (Å²) in [5.41, 5.74) is 2.44. The molecule has 6 heteroatoms. The standard InChI is InChI=1S/C22H22N2O3S/c1-3-23(4-2)18-12-10-16(11-13-18)14-20-21(26)24(22(27)28-20)15-19(25)17-8-6-5-7-9-17/h5-14H,3-4,15H2,1-2H3/b20-14+. The summed E-state index contributed by atoms with van der Waals surface area (Å²) in [6, 6.07) is 16.5. The van der Waals surface area contributed by atoms with Gasteiger partial charge in [0.05, 0.1) is 11.4 Å². The zero-order chi connectivity index (χ0) is 20.1. The predicted molar refractivity (Wildman–Crippen MR) is 113 cm³/mol. The molecule has 2 aromatic rings. The Kier molecular flexibility index (Phi) is 6.31. The maximum atomic E-state index is 12.6. The van der Waals surface area contributed by atoms with E-state index >= 15 is 0 Å². The second kappa shape index (κ2) is 8.89. The highest BCUT2D eigenvalue weighted by atomic mass is 32.2. The molecule has 0 atom stereocenters. The van der Waals surface area contributed by atoms with Gasteiger partial charge in [-0.25, -0.2) is 0 Å². The third-order valence-electron chi connectivity index (χ3n) is 4.59. The van der Waals surface area contributed by atoms with Gasteiger partial charge in [0, 0.05) is 24.3 Å². The average Bonchev–Trinajstić information content (AvgIpc) is 2.98. The minimum absolute atomic E-state index is 0.243. The van der Waals surface area contributed by atoms with Crippen LogP contribution in [0, 0.1) is 0 Å². The van der Waals surface area contributed by atoms with Gasteiger partial charge in [0.2, 0.25) is 0 Å². The van der Waals surface area contributed by atoms with Crippen molar-refractivity contribution in [2.45, 2.75) is 13.8 Å². The quantitative estimate of drug-likeness (QED) is 0.513. The molecule has 0 spiro atoms. The molecular formula is C22H22N2O3S. The molecular weight excluding hydrogens is 372 g/mol. The summed E-state index contributed by atoms with van der Waals surface area (Å²) in [5.74, 6) is -0.681. The lowest BCUT2D eigenvalue weighted by Crippen LogP contribution is -2.33. The van der Waals surface area contributed by atoms with Gasteiger partial charge in [0.15, 0.2) is 5.78 Å². The van der Waals surface area contributed by atoms with Crippen molar-refractivity contribution < 1.29 is 14.4 Å². The number of nitrogens with zero attached hydrogens (tertiary/aromatic N) is 2. The maximum Gasteiger partial charge on any atom is 0.293 e. The molecule has 0 N–H and O–H groups in total. The molecule has 0 unspecified atom stereocenters. The number of Topliss-reactive ketones (excluding diaryl/α,β-unsaturated/α-hetero) is 1. The largest absolute Gasteiger partial charge is 0.372 e. The van der Waals surface area contributed by atoms with E-state index in [1.165, 1.54) is 0 Å². The van der Waals surface area contributed by atoms with Gasteiger partial charge in [-0.3, -0.25) is 19.3 Å². The van der Waals surface area contributed by atoms with Crippen LogP contribution >= 0.6 is 11.8 Å². The van der Waals surface area contributed by atoms with Crippen LogP contribution in [0.4, 0.5) is 10.5 Å². The van der Waals surface area contributed by atoms with Gasteiger partial charge >= 0.3 is 0 Å². The van der Waals surface area contributed by atoms with E-state index in [4.69, 9.17) is 0 Å². The number of anilines is 1. The average molecular weight is 394 g/mol. The molecule has 0 bridgehead atoms. The Labute approximate surface area is 169 Å². The van der Waals surface area contributed by atoms with Gasteiger partial charge in [-0.2, -0.15) is 0 Å². The van der Waals surface area contributed by atoms with Crippen molar-refractivity contribution in [1.29, 1.82) is 0 Å². The maximum absolute atomic E-state index is 12.6. The first-order chi connectivity index (χ1) is 13.5. The minimum Gasteiger partial charge on any atom is -0.372 e. The van der Waals surface area contributed by atoms with Crippen LogP contribution in [0.2, 0.25) is 0 Å². The number of ketones is 1. The number of benzene rings is 2. The summed E-state index contributed by atoms with van der Waals surface area (Å²) >= 11 is 0.869. The summed E-state index contributed by atoms with van der Waals surface area (Å²) in [6.07, 6.45) is 1.70. The molecule has 1 aliphatic rings. The van der Waals surface area contributed by atoms with E-state index in [9.17, 15) is 14.4 Å². The van der Waals surface area contributed by atoms with Gasteiger partial charge in [-0.05, 0) is 49.4 Å². The number of rotatable bonds is 7. The molecule has 0 saturated carbocycles. The second-order valence-corrected chi connectivity index (χ2v) is 7.31. The molecule has 0 aromatic heterocycles. The second-order valence-electron chi connectivity index (χ2n) is 6.32. The molecule has 0 radical (unpaired) electrons. The first-order valence-corrected chi connectivity index (χ1v) is 10.0. The zero-order valence-corrected chi connectivity index (χ0v) is 16.7. The fraction of sp³-hybridized carbons (Fsp3) is 0.227. The fourth-order valence-corrected chi connectivity index (χ4v) is 3.86. The van der Waals surface area contributed by atoms with Crippen molar-refractivity contribution in [2.75, 3.05) is 24.5 Å². The molecule has 1 aliphatic heterocycles. The van der Waals surface area contributed by atoms with Crippen LogP contribution in [0.1, 0.15) is 29.8 Å². The van der Waals surface area contributed by atoms with Gasteiger partial charge < -0.3 is 4.90 Å². The van der Waals surface area contributed by atoms with E-state index < -0.39 is 11.1 Å². The van der Waals surface area contributed by atoms with Crippen LogP contribution in [0.5, 0.6) is 0 Å². The van der Waals surface area contributed by atoms with Crippen LogP contribution < -0.4 is 4.90 Å². The summed E-state index contributed by atoms with van der Waals surface area (Å²) in [5, 5.41) is -0.416. The number of carbonyl (C=O) groups is 3.